The first kappa shape index (κ1) is 15.0. The molecule has 0 unspecified atom stereocenters. The van der Waals surface area contributed by atoms with Crippen LogP contribution in [0.5, 0.6) is 0 Å². The van der Waals surface area contributed by atoms with Crippen LogP contribution in [0.1, 0.15) is 5.56 Å². The fourth-order valence-corrected chi connectivity index (χ4v) is 3.16. The van der Waals surface area contributed by atoms with Gasteiger partial charge in [-0.05, 0) is 23.8 Å². The highest BCUT2D eigenvalue weighted by atomic mass is 15.3. The molecular formula is C20H22N4. The number of benzene rings is 1. The third-order valence-corrected chi connectivity index (χ3v) is 4.56. The van der Waals surface area contributed by atoms with E-state index in [1.165, 1.54) is 10.9 Å². The number of rotatable bonds is 4. The molecule has 4 heteroatoms. The molecule has 0 spiro atoms. The molecule has 1 aromatic carbocycles. The van der Waals surface area contributed by atoms with Crippen LogP contribution in [0.25, 0.3) is 17.1 Å². The lowest BCUT2D eigenvalue weighted by Crippen LogP contribution is -2.46. The van der Waals surface area contributed by atoms with Crippen molar-refractivity contribution in [3.8, 4) is 0 Å². The third kappa shape index (κ3) is 3.34. The molecule has 3 aromatic rings. The van der Waals surface area contributed by atoms with Crippen molar-refractivity contribution in [2.75, 3.05) is 37.6 Å². The van der Waals surface area contributed by atoms with Crippen molar-refractivity contribution < 1.29 is 0 Å². The molecule has 0 atom stereocenters. The van der Waals surface area contributed by atoms with E-state index in [9.17, 15) is 0 Å². The van der Waals surface area contributed by atoms with Gasteiger partial charge in [0.2, 0.25) is 0 Å². The summed E-state index contributed by atoms with van der Waals surface area (Å²) in [5.41, 5.74) is 2.24. The normalized spacial score (nSPS) is 16.2. The van der Waals surface area contributed by atoms with E-state index in [-0.39, 0.29) is 0 Å². The zero-order chi connectivity index (χ0) is 16.2. The van der Waals surface area contributed by atoms with E-state index in [1.54, 1.807) is 0 Å². The second kappa shape index (κ2) is 6.89. The molecule has 0 saturated carbocycles. The number of fused-ring (bicyclic) bond motifs is 1. The second-order valence-corrected chi connectivity index (χ2v) is 6.19. The van der Waals surface area contributed by atoms with Crippen molar-refractivity contribution in [1.29, 1.82) is 0 Å². The van der Waals surface area contributed by atoms with Gasteiger partial charge in [-0.1, -0.05) is 42.5 Å². The summed E-state index contributed by atoms with van der Waals surface area (Å²) in [6, 6.07) is 16.8. The average Bonchev–Trinajstić information content (AvgIpc) is 3.11. The predicted molar refractivity (Wildman–Crippen MR) is 100 cm³/mol. The molecule has 4 nitrogen and oxygen atoms in total. The molecule has 1 saturated heterocycles. The fraction of sp³-hybridized carbons (Fsp3) is 0.250. The number of hydrogen-bond acceptors (Lipinski definition) is 3. The van der Waals surface area contributed by atoms with Gasteiger partial charge in [-0.15, -0.1) is 0 Å². The van der Waals surface area contributed by atoms with Crippen molar-refractivity contribution >= 4 is 22.9 Å². The first-order valence-corrected chi connectivity index (χ1v) is 8.51. The summed E-state index contributed by atoms with van der Waals surface area (Å²) in [5.74, 6) is 1.07. The Balaban J connectivity index is 1.32. The summed E-state index contributed by atoms with van der Waals surface area (Å²) in [5, 5.41) is 1.17. The number of nitrogens with one attached hydrogen (secondary N) is 1. The number of pyridine rings is 1. The molecule has 24 heavy (non-hydrogen) atoms. The minimum absolute atomic E-state index is 0.973. The Kier molecular flexibility index (Phi) is 4.30. The number of aromatic amines is 1. The maximum Gasteiger partial charge on any atom is 0.139 e. The molecule has 1 fully saturated rings. The minimum atomic E-state index is 0.973. The SMILES string of the molecule is C(=C\c1ccccc1)/CN1CCN(c2ccc3cc[nH]c3n2)CC1. The highest BCUT2D eigenvalue weighted by molar-refractivity contribution is 5.77. The molecule has 0 amide bonds. The van der Waals surface area contributed by atoms with E-state index in [0.29, 0.717) is 0 Å². The van der Waals surface area contributed by atoms with Crippen LogP contribution < -0.4 is 4.90 Å². The van der Waals surface area contributed by atoms with Crippen LogP contribution in [0.15, 0.2) is 60.8 Å². The van der Waals surface area contributed by atoms with Crippen LogP contribution in [0.2, 0.25) is 0 Å². The Hall–Kier alpha value is -2.59. The third-order valence-electron chi connectivity index (χ3n) is 4.56. The maximum absolute atomic E-state index is 4.72. The average molecular weight is 318 g/mol. The topological polar surface area (TPSA) is 35.2 Å². The van der Waals surface area contributed by atoms with Gasteiger partial charge in [-0.2, -0.15) is 0 Å². The molecule has 1 N–H and O–H groups in total. The van der Waals surface area contributed by atoms with E-state index >= 15 is 0 Å². The van der Waals surface area contributed by atoms with Gasteiger partial charge in [0.1, 0.15) is 11.5 Å². The van der Waals surface area contributed by atoms with Gasteiger partial charge in [0.25, 0.3) is 0 Å². The maximum atomic E-state index is 4.72. The number of hydrogen-bond donors (Lipinski definition) is 1. The van der Waals surface area contributed by atoms with Gasteiger partial charge >= 0.3 is 0 Å². The molecule has 2 aromatic heterocycles. The lowest BCUT2D eigenvalue weighted by atomic mass is 10.2. The van der Waals surface area contributed by atoms with Crippen LogP contribution in [-0.4, -0.2) is 47.6 Å². The Morgan fingerprint density at radius 3 is 2.62 bits per heavy atom. The van der Waals surface area contributed by atoms with Crippen LogP contribution in [-0.2, 0) is 0 Å². The Labute approximate surface area is 142 Å². The molecule has 3 heterocycles. The van der Waals surface area contributed by atoms with Crippen molar-refractivity contribution in [1.82, 2.24) is 14.9 Å². The monoisotopic (exact) mass is 318 g/mol. The number of H-pyrrole nitrogens is 1. The van der Waals surface area contributed by atoms with E-state index in [1.807, 2.05) is 6.20 Å². The van der Waals surface area contributed by atoms with E-state index in [2.05, 4.69) is 75.5 Å². The highest BCUT2D eigenvalue weighted by Crippen LogP contribution is 2.18. The van der Waals surface area contributed by atoms with Crippen LogP contribution in [0.4, 0.5) is 5.82 Å². The Bertz CT molecular complexity index is 814. The number of piperazine rings is 1. The zero-order valence-electron chi connectivity index (χ0n) is 13.7. The predicted octanol–water partition coefficient (Wildman–Crippen LogP) is 3.40. The standard InChI is InChI=1S/C20H22N4/c1-2-5-17(6-3-1)7-4-12-23-13-15-24(16-14-23)19-9-8-18-10-11-21-20(18)22-19/h1-11H,12-16H2,(H,21,22)/b7-4+. The molecule has 0 radical (unpaired) electrons. The van der Waals surface area contributed by atoms with Gasteiger partial charge in [0.05, 0.1) is 0 Å². The highest BCUT2D eigenvalue weighted by Gasteiger charge is 2.17. The number of aromatic nitrogens is 2. The van der Waals surface area contributed by atoms with Gasteiger partial charge < -0.3 is 9.88 Å². The summed E-state index contributed by atoms with van der Waals surface area (Å²) in [7, 11) is 0. The van der Waals surface area contributed by atoms with Gasteiger partial charge in [0.15, 0.2) is 0 Å². The summed E-state index contributed by atoms with van der Waals surface area (Å²) < 4.78 is 0. The van der Waals surface area contributed by atoms with E-state index < -0.39 is 0 Å². The Morgan fingerprint density at radius 2 is 1.79 bits per heavy atom. The lowest BCUT2D eigenvalue weighted by Gasteiger charge is -2.34. The molecule has 122 valence electrons. The van der Waals surface area contributed by atoms with Crippen molar-refractivity contribution in [2.24, 2.45) is 0 Å². The smallest absolute Gasteiger partial charge is 0.139 e. The summed E-state index contributed by atoms with van der Waals surface area (Å²) in [6.45, 7) is 5.20. The summed E-state index contributed by atoms with van der Waals surface area (Å²) in [6.07, 6.45) is 6.40. The number of anilines is 1. The molecular weight excluding hydrogens is 296 g/mol. The summed E-state index contributed by atoms with van der Waals surface area (Å²) >= 11 is 0. The van der Waals surface area contributed by atoms with Crippen molar-refractivity contribution in [3.05, 3.63) is 66.4 Å². The largest absolute Gasteiger partial charge is 0.354 e. The van der Waals surface area contributed by atoms with Crippen LogP contribution in [0, 0.1) is 0 Å². The zero-order valence-corrected chi connectivity index (χ0v) is 13.7. The van der Waals surface area contributed by atoms with Crippen molar-refractivity contribution in [3.63, 3.8) is 0 Å². The molecule has 0 aliphatic carbocycles. The molecule has 4 rings (SSSR count). The lowest BCUT2D eigenvalue weighted by molar-refractivity contribution is 0.284. The van der Waals surface area contributed by atoms with Crippen molar-refractivity contribution in [2.45, 2.75) is 0 Å². The minimum Gasteiger partial charge on any atom is -0.354 e. The summed E-state index contributed by atoms with van der Waals surface area (Å²) in [4.78, 5) is 12.8. The van der Waals surface area contributed by atoms with Gasteiger partial charge in [-0.25, -0.2) is 4.98 Å². The fourth-order valence-electron chi connectivity index (χ4n) is 3.16. The Morgan fingerprint density at radius 1 is 0.958 bits per heavy atom. The molecule has 1 aliphatic rings. The van der Waals surface area contributed by atoms with E-state index in [4.69, 9.17) is 4.98 Å². The molecule has 0 bridgehead atoms. The van der Waals surface area contributed by atoms with Crippen LogP contribution in [0.3, 0.4) is 0 Å². The first-order valence-electron chi connectivity index (χ1n) is 8.51. The van der Waals surface area contributed by atoms with Gasteiger partial charge in [0, 0.05) is 44.3 Å². The van der Waals surface area contributed by atoms with Crippen LogP contribution >= 0.6 is 0 Å². The van der Waals surface area contributed by atoms with E-state index in [0.717, 1.165) is 44.2 Å². The second-order valence-electron chi connectivity index (χ2n) is 6.19. The molecule has 1 aliphatic heterocycles. The quantitative estimate of drug-likeness (QED) is 0.801. The first-order chi connectivity index (χ1) is 11.9. The van der Waals surface area contributed by atoms with Gasteiger partial charge in [-0.3, -0.25) is 4.90 Å². The number of nitrogens with zero attached hydrogens (tertiary/aromatic N) is 3.